The molecular formula is C16H18F2N4O2. The number of hydrogen-bond acceptors (Lipinski definition) is 3. The highest BCUT2D eigenvalue weighted by molar-refractivity contribution is 5.93. The van der Waals surface area contributed by atoms with E-state index < -0.39 is 6.55 Å². The summed E-state index contributed by atoms with van der Waals surface area (Å²) in [5.41, 5.74) is 0.910. The first kappa shape index (κ1) is 15.3. The summed E-state index contributed by atoms with van der Waals surface area (Å²) in [6.07, 6.45) is 3.64. The van der Waals surface area contributed by atoms with E-state index in [1.165, 1.54) is 6.20 Å². The van der Waals surface area contributed by atoms with Gasteiger partial charge in [0.15, 0.2) is 0 Å². The van der Waals surface area contributed by atoms with E-state index >= 15 is 0 Å². The number of halogens is 2. The van der Waals surface area contributed by atoms with Crippen molar-refractivity contribution in [2.24, 2.45) is 5.92 Å². The fraction of sp³-hybridized carbons (Fsp3) is 0.500. The molecule has 1 saturated heterocycles. The van der Waals surface area contributed by atoms with E-state index in [1.54, 1.807) is 18.2 Å². The molecule has 2 fully saturated rings. The summed E-state index contributed by atoms with van der Waals surface area (Å²) in [5, 5.41) is 7.10. The number of benzene rings is 1. The van der Waals surface area contributed by atoms with Crippen LogP contribution < -0.4 is 5.32 Å². The van der Waals surface area contributed by atoms with Crippen molar-refractivity contribution < 1.29 is 18.3 Å². The Labute approximate surface area is 137 Å². The molecule has 128 valence electrons. The first-order valence-electron chi connectivity index (χ1n) is 8.04. The van der Waals surface area contributed by atoms with Crippen molar-refractivity contribution in [3.63, 3.8) is 0 Å². The summed E-state index contributed by atoms with van der Waals surface area (Å²) in [7, 11) is 0. The fourth-order valence-corrected chi connectivity index (χ4v) is 3.23. The number of aromatic nitrogens is 2. The summed E-state index contributed by atoms with van der Waals surface area (Å²) in [6, 6.07) is 4.78. The molecule has 0 spiro atoms. The average molecular weight is 336 g/mol. The Morgan fingerprint density at radius 2 is 2.21 bits per heavy atom. The highest BCUT2D eigenvalue weighted by Crippen LogP contribution is 2.36. The Morgan fingerprint density at radius 3 is 2.96 bits per heavy atom. The van der Waals surface area contributed by atoms with Crippen LogP contribution in [0.2, 0.25) is 0 Å². The molecule has 1 aromatic heterocycles. The van der Waals surface area contributed by atoms with Crippen molar-refractivity contribution >= 4 is 22.6 Å². The molecule has 0 bridgehead atoms. The number of morpholine rings is 1. The third-order valence-corrected chi connectivity index (χ3v) is 4.62. The van der Waals surface area contributed by atoms with Gasteiger partial charge in [0.05, 0.1) is 31.0 Å². The lowest BCUT2D eigenvalue weighted by Gasteiger charge is -2.35. The highest BCUT2D eigenvalue weighted by atomic mass is 19.3. The molecule has 2 aliphatic rings. The van der Waals surface area contributed by atoms with E-state index in [9.17, 15) is 13.6 Å². The Hall–Kier alpha value is -2.22. The van der Waals surface area contributed by atoms with Gasteiger partial charge in [0.25, 0.3) is 0 Å². The van der Waals surface area contributed by atoms with Crippen LogP contribution in [0.3, 0.4) is 0 Å². The molecule has 1 aliphatic heterocycles. The first-order chi connectivity index (χ1) is 11.6. The van der Waals surface area contributed by atoms with Crippen molar-refractivity contribution in [3.05, 3.63) is 24.4 Å². The topological polar surface area (TPSA) is 59.4 Å². The van der Waals surface area contributed by atoms with E-state index in [0.717, 1.165) is 12.8 Å². The predicted octanol–water partition coefficient (Wildman–Crippen LogP) is 3.07. The van der Waals surface area contributed by atoms with Gasteiger partial charge in [0.1, 0.15) is 0 Å². The molecule has 6 nitrogen and oxygen atoms in total. The van der Waals surface area contributed by atoms with E-state index in [2.05, 4.69) is 10.4 Å². The number of nitrogens with zero attached hydrogens (tertiary/aromatic N) is 3. The maximum atomic E-state index is 12.8. The summed E-state index contributed by atoms with van der Waals surface area (Å²) in [4.78, 5) is 14.4. The smallest absolute Gasteiger partial charge is 0.333 e. The van der Waals surface area contributed by atoms with Crippen LogP contribution in [-0.2, 0) is 4.74 Å². The van der Waals surface area contributed by atoms with Crippen LogP contribution in [0, 0.1) is 5.92 Å². The van der Waals surface area contributed by atoms with Crippen molar-refractivity contribution in [2.75, 3.05) is 25.1 Å². The second-order valence-electron chi connectivity index (χ2n) is 6.24. The van der Waals surface area contributed by atoms with E-state index in [-0.39, 0.29) is 12.1 Å². The molecule has 0 unspecified atom stereocenters. The molecule has 8 heteroatoms. The summed E-state index contributed by atoms with van der Waals surface area (Å²) in [6.45, 7) is -0.996. The van der Waals surface area contributed by atoms with Crippen LogP contribution in [0.25, 0.3) is 10.9 Å². The number of fused-ring (bicyclic) bond motifs is 1. The summed E-state index contributed by atoms with van der Waals surface area (Å²) >= 11 is 0. The Morgan fingerprint density at radius 1 is 1.38 bits per heavy atom. The molecule has 24 heavy (non-hydrogen) atoms. The zero-order valence-corrected chi connectivity index (χ0v) is 13.0. The molecule has 1 aliphatic carbocycles. The average Bonchev–Trinajstić information content (AvgIpc) is 3.34. The summed E-state index contributed by atoms with van der Waals surface area (Å²) in [5.74, 6) is 0.530. The first-order valence-corrected chi connectivity index (χ1v) is 8.04. The van der Waals surface area contributed by atoms with E-state index in [1.807, 2.05) is 4.90 Å². The molecule has 4 rings (SSSR count). The molecule has 2 aromatic rings. The minimum atomic E-state index is -2.68. The number of carbonyl (C=O) groups is 1. The summed E-state index contributed by atoms with van der Waals surface area (Å²) < 4.78 is 31.8. The van der Waals surface area contributed by atoms with Gasteiger partial charge in [-0.05, 0) is 37.0 Å². The molecule has 2 heterocycles. The van der Waals surface area contributed by atoms with Gasteiger partial charge in [-0.3, -0.25) is 0 Å². The van der Waals surface area contributed by atoms with Gasteiger partial charge in [0, 0.05) is 17.6 Å². The van der Waals surface area contributed by atoms with Crippen LogP contribution >= 0.6 is 0 Å². The number of nitrogens with one attached hydrogen (secondary N) is 1. The van der Waals surface area contributed by atoms with E-state index in [4.69, 9.17) is 4.74 Å². The maximum Gasteiger partial charge on any atom is 0.333 e. The monoisotopic (exact) mass is 336 g/mol. The van der Waals surface area contributed by atoms with Crippen LogP contribution in [0.4, 0.5) is 19.3 Å². The second-order valence-corrected chi connectivity index (χ2v) is 6.24. The maximum absolute atomic E-state index is 12.8. The molecule has 1 N–H and O–H groups in total. The largest absolute Gasteiger partial charge is 0.377 e. The molecule has 1 aromatic carbocycles. The van der Waals surface area contributed by atoms with Crippen molar-refractivity contribution in [1.82, 2.24) is 14.7 Å². The van der Waals surface area contributed by atoms with Crippen molar-refractivity contribution in [1.29, 1.82) is 0 Å². The number of ether oxygens (including phenoxy) is 1. The second kappa shape index (κ2) is 6.01. The molecule has 2 amide bonds. The SMILES string of the molecule is O=C(Nc1ccc2c(cnn2C(F)F)c1)N1CCOC[C@@H]1C1CC1. The van der Waals surface area contributed by atoms with Crippen LogP contribution in [0.1, 0.15) is 19.4 Å². The van der Waals surface area contributed by atoms with Gasteiger partial charge in [-0.1, -0.05) is 0 Å². The number of anilines is 1. The highest BCUT2D eigenvalue weighted by Gasteiger charge is 2.39. The quantitative estimate of drug-likeness (QED) is 0.937. The lowest BCUT2D eigenvalue weighted by molar-refractivity contribution is 0.00773. The molecular weight excluding hydrogens is 318 g/mol. The van der Waals surface area contributed by atoms with Gasteiger partial charge >= 0.3 is 12.6 Å². The molecule has 1 atom stereocenters. The normalized spacial score (nSPS) is 21.5. The molecule has 0 radical (unpaired) electrons. The molecule has 1 saturated carbocycles. The third-order valence-electron chi connectivity index (χ3n) is 4.62. The lowest BCUT2D eigenvalue weighted by Crippen LogP contribution is -2.51. The lowest BCUT2D eigenvalue weighted by atomic mass is 10.1. The van der Waals surface area contributed by atoms with E-state index in [0.29, 0.717) is 46.9 Å². The minimum absolute atomic E-state index is 0.129. The van der Waals surface area contributed by atoms with Crippen LogP contribution in [0.15, 0.2) is 24.4 Å². The van der Waals surface area contributed by atoms with Crippen molar-refractivity contribution in [3.8, 4) is 0 Å². The third kappa shape index (κ3) is 2.82. The van der Waals surface area contributed by atoms with Crippen LogP contribution in [0.5, 0.6) is 0 Å². The van der Waals surface area contributed by atoms with Gasteiger partial charge in [0.2, 0.25) is 0 Å². The zero-order chi connectivity index (χ0) is 16.7. The van der Waals surface area contributed by atoms with Crippen molar-refractivity contribution in [2.45, 2.75) is 25.4 Å². The zero-order valence-electron chi connectivity index (χ0n) is 13.0. The van der Waals surface area contributed by atoms with Gasteiger partial charge < -0.3 is 15.0 Å². The van der Waals surface area contributed by atoms with Gasteiger partial charge in [-0.2, -0.15) is 13.9 Å². The number of carbonyl (C=O) groups excluding carboxylic acids is 1. The van der Waals surface area contributed by atoms with Gasteiger partial charge in [-0.25, -0.2) is 9.48 Å². The van der Waals surface area contributed by atoms with Gasteiger partial charge in [-0.15, -0.1) is 0 Å². The predicted molar refractivity (Wildman–Crippen MR) is 84.0 cm³/mol. The number of alkyl halides is 2. The number of urea groups is 1. The Balaban J connectivity index is 1.51. The Kier molecular flexibility index (Phi) is 3.84. The number of hydrogen-bond donors (Lipinski definition) is 1. The minimum Gasteiger partial charge on any atom is -0.377 e. The Bertz CT molecular complexity index is 760. The standard InChI is InChI=1S/C16H18F2N4O2/c17-15(18)22-13-4-3-12(7-11(13)8-19-22)20-16(23)21-5-6-24-9-14(21)10-1-2-10/h3-4,7-8,10,14-15H,1-2,5-6,9H2,(H,20,23)/t14-/m1/s1. The fourth-order valence-electron chi connectivity index (χ4n) is 3.23. The number of amides is 2. The number of rotatable bonds is 3. The van der Waals surface area contributed by atoms with Crippen LogP contribution in [-0.4, -0.2) is 46.5 Å².